The van der Waals surface area contributed by atoms with Crippen molar-refractivity contribution in [3.63, 3.8) is 0 Å². The fourth-order valence-corrected chi connectivity index (χ4v) is 4.59. The van der Waals surface area contributed by atoms with E-state index in [0.29, 0.717) is 17.8 Å². The molecule has 188 valence electrons. The van der Waals surface area contributed by atoms with E-state index in [-0.39, 0.29) is 34.5 Å². The van der Waals surface area contributed by atoms with Gasteiger partial charge < -0.3 is 20.0 Å². The first kappa shape index (κ1) is 25.3. The van der Waals surface area contributed by atoms with Crippen LogP contribution in [0.25, 0.3) is 11.0 Å². The molecule has 0 radical (unpaired) electrons. The minimum absolute atomic E-state index is 0.0338. The average molecular weight is 485 g/mol. The number of carbonyl (C=O) groups is 1. The third kappa shape index (κ3) is 4.81. The predicted octanol–water partition coefficient (Wildman–Crippen LogP) is 5.74. The van der Waals surface area contributed by atoms with Crippen LogP contribution in [0.2, 0.25) is 0 Å². The Hall–Kier alpha value is -3.80. The van der Waals surface area contributed by atoms with E-state index in [4.69, 9.17) is 11.1 Å². The number of aromatic hydroxyl groups is 1. The molecule has 0 aliphatic rings. The number of phenolic OH excluding ortho intramolecular Hbond substituents is 1. The molecular weight excluding hydrogens is 448 g/mol. The van der Waals surface area contributed by atoms with Crippen molar-refractivity contribution in [3.8, 4) is 5.75 Å². The van der Waals surface area contributed by atoms with Gasteiger partial charge in [-0.2, -0.15) is 0 Å². The Labute approximate surface area is 212 Å². The number of carbonyl (C=O) groups excluding carboxylic acids is 1. The zero-order valence-corrected chi connectivity index (χ0v) is 22.0. The molecule has 0 aliphatic heterocycles. The van der Waals surface area contributed by atoms with Gasteiger partial charge in [0, 0.05) is 22.4 Å². The Bertz CT molecular complexity index is 1460. The molecule has 3 aromatic carbocycles. The van der Waals surface area contributed by atoms with E-state index in [1.807, 2.05) is 107 Å². The standard InChI is InChI=1S/C30H36N4O2/c1-29(2,3)22-15-20(16-23(27(22)36)30(4,5)6)26(35)18-34-25-10-8-7-9-24(25)33(28(34)32)17-19-11-13-21(31)14-12-19/h7-16,32,36H,17-18,31H2,1-6H3. The van der Waals surface area contributed by atoms with Crippen LogP contribution in [0.4, 0.5) is 5.69 Å². The van der Waals surface area contributed by atoms with Crippen molar-refractivity contribution in [2.24, 2.45) is 0 Å². The van der Waals surface area contributed by atoms with Crippen molar-refractivity contribution >= 4 is 22.5 Å². The fraction of sp³-hybridized carbons (Fsp3) is 0.333. The number of imidazole rings is 1. The lowest BCUT2D eigenvalue weighted by Gasteiger charge is -2.28. The Kier molecular flexibility index (Phi) is 6.33. The molecule has 0 saturated heterocycles. The number of fused-ring (bicyclic) bond motifs is 1. The molecule has 4 rings (SSSR count). The molecule has 6 nitrogen and oxygen atoms in total. The van der Waals surface area contributed by atoms with E-state index >= 15 is 0 Å². The smallest absolute Gasteiger partial charge is 0.203 e. The topological polar surface area (TPSA) is 97.0 Å². The molecule has 0 fully saturated rings. The summed E-state index contributed by atoms with van der Waals surface area (Å²) in [5.41, 5.74) is 10.9. The molecular formula is C30H36N4O2. The van der Waals surface area contributed by atoms with Gasteiger partial charge in [-0.15, -0.1) is 0 Å². The van der Waals surface area contributed by atoms with E-state index in [9.17, 15) is 9.90 Å². The first-order chi connectivity index (χ1) is 16.8. The van der Waals surface area contributed by atoms with Gasteiger partial charge in [0.15, 0.2) is 5.78 Å². The number of nitrogens with two attached hydrogens (primary N) is 1. The second-order valence-corrected chi connectivity index (χ2v) is 11.6. The molecule has 36 heavy (non-hydrogen) atoms. The number of nitrogens with zero attached hydrogens (tertiary/aromatic N) is 2. The molecule has 6 heteroatoms. The number of aromatic nitrogens is 2. The minimum Gasteiger partial charge on any atom is -0.507 e. The highest BCUT2D eigenvalue weighted by Gasteiger charge is 2.28. The second-order valence-electron chi connectivity index (χ2n) is 11.6. The normalized spacial score (nSPS) is 12.3. The van der Waals surface area contributed by atoms with Crippen molar-refractivity contribution in [1.82, 2.24) is 9.13 Å². The molecule has 1 aromatic heterocycles. The number of hydrogen-bond donors (Lipinski definition) is 3. The highest BCUT2D eigenvalue weighted by atomic mass is 16.3. The summed E-state index contributed by atoms with van der Waals surface area (Å²) in [5.74, 6) is 0.153. The molecule has 4 aromatic rings. The van der Waals surface area contributed by atoms with Gasteiger partial charge in [0.2, 0.25) is 5.62 Å². The summed E-state index contributed by atoms with van der Waals surface area (Å²) in [6, 6.07) is 19.0. The van der Waals surface area contributed by atoms with E-state index in [2.05, 4.69) is 0 Å². The van der Waals surface area contributed by atoms with Crippen molar-refractivity contribution in [3.05, 3.63) is 88.5 Å². The van der Waals surface area contributed by atoms with E-state index in [0.717, 1.165) is 27.7 Å². The maximum atomic E-state index is 13.7. The van der Waals surface area contributed by atoms with E-state index < -0.39 is 0 Å². The third-order valence-corrected chi connectivity index (χ3v) is 6.64. The van der Waals surface area contributed by atoms with Crippen LogP contribution in [0.5, 0.6) is 5.75 Å². The summed E-state index contributed by atoms with van der Waals surface area (Å²) in [7, 11) is 0. The molecule has 1 heterocycles. The van der Waals surface area contributed by atoms with Gasteiger partial charge in [0.25, 0.3) is 0 Å². The van der Waals surface area contributed by atoms with Gasteiger partial charge in [0.1, 0.15) is 5.75 Å². The van der Waals surface area contributed by atoms with E-state index in [1.165, 1.54) is 0 Å². The minimum atomic E-state index is -0.330. The zero-order chi connectivity index (χ0) is 26.4. The number of nitrogens with one attached hydrogen (secondary N) is 1. The molecule has 4 N–H and O–H groups in total. The number of phenols is 1. The highest BCUT2D eigenvalue weighted by Crippen LogP contribution is 2.40. The van der Waals surface area contributed by atoms with E-state index in [1.54, 1.807) is 4.57 Å². The van der Waals surface area contributed by atoms with Gasteiger partial charge in [-0.05, 0) is 52.8 Å². The van der Waals surface area contributed by atoms with Crippen LogP contribution in [0.15, 0.2) is 60.7 Å². The van der Waals surface area contributed by atoms with Gasteiger partial charge in [0.05, 0.1) is 24.1 Å². The molecule has 0 saturated carbocycles. The lowest BCUT2D eigenvalue weighted by molar-refractivity contribution is 0.0971. The molecule has 0 atom stereocenters. The first-order valence-electron chi connectivity index (χ1n) is 12.3. The summed E-state index contributed by atoms with van der Waals surface area (Å²) in [4.78, 5) is 13.7. The number of benzene rings is 3. The van der Waals surface area contributed by atoms with Crippen LogP contribution >= 0.6 is 0 Å². The van der Waals surface area contributed by atoms with Crippen molar-refractivity contribution in [2.75, 3.05) is 5.73 Å². The lowest BCUT2D eigenvalue weighted by atomic mass is 9.78. The van der Waals surface area contributed by atoms with Gasteiger partial charge >= 0.3 is 0 Å². The molecule has 0 aliphatic carbocycles. The number of nitrogen functional groups attached to an aromatic ring is 1. The lowest BCUT2D eigenvalue weighted by Crippen LogP contribution is -2.28. The Morgan fingerprint density at radius 3 is 1.86 bits per heavy atom. The van der Waals surface area contributed by atoms with Crippen LogP contribution in [-0.4, -0.2) is 20.0 Å². The summed E-state index contributed by atoms with van der Waals surface area (Å²) < 4.78 is 3.67. The zero-order valence-electron chi connectivity index (χ0n) is 22.0. The quantitative estimate of drug-likeness (QED) is 0.249. The monoisotopic (exact) mass is 484 g/mol. The number of anilines is 1. The largest absolute Gasteiger partial charge is 0.507 e. The SMILES string of the molecule is CC(C)(C)c1cc(C(=O)Cn2c(=N)n(Cc3ccc(N)cc3)c3ccccc32)cc(C(C)(C)C)c1O. The van der Waals surface area contributed by atoms with Crippen LogP contribution in [0.1, 0.15) is 68.6 Å². The van der Waals surface area contributed by atoms with Crippen molar-refractivity contribution in [2.45, 2.75) is 65.5 Å². The highest BCUT2D eigenvalue weighted by molar-refractivity contribution is 5.97. The summed E-state index contributed by atoms with van der Waals surface area (Å²) in [6.07, 6.45) is 0. The number of rotatable bonds is 5. The summed E-state index contributed by atoms with van der Waals surface area (Å²) in [6.45, 7) is 12.7. The van der Waals surface area contributed by atoms with Crippen LogP contribution in [0, 0.1) is 5.41 Å². The maximum Gasteiger partial charge on any atom is 0.203 e. The Morgan fingerprint density at radius 1 is 0.861 bits per heavy atom. The van der Waals surface area contributed by atoms with Crippen LogP contribution in [0.3, 0.4) is 0 Å². The fourth-order valence-electron chi connectivity index (χ4n) is 4.59. The van der Waals surface area contributed by atoms with Crippen LogP contribution < -0.4 is 11.4 Å². The Balaban J connectivity index is 1.79. The van der Waals surface area contributed by atoms with Gasteiger partial charge in [-0.3, -0.25) is 10.2 Å². The van der Waals surface area contributed by atoms with Gasteiger partial charge in [-0.25, -0.2) is 0 Å². The average Bonchev–Trinajstić information content (AvgIpc) is 3.05. The number of ketones is 1. The Morgan fingerprint density at radius 2 is 1.36 bits per heavy atom. The molecule has 0 amide bonds. The van der Waals surface area contributed by atoms with Gasteiger partial charge in [-0.1, -0.05) is 65.8 Å². The summed E-state index contributed by atoms with van der Waals surface area (Å²) in [5, 5.41) is 20.0. The predicted molar refractivity (Wildman–Crippen MR) is 146 cm³/mol. The number of Topliss-reactive ketones (excluding diaryl/α,β-unsaturated/α-hetero) is 1. The third-order valence-electron chi connectivity index (χ3n) is 6.64. The maximum absolute atomic E-state index is 13.7. The van der Waals surface area contributed by atoms with Crippen LogP contribution in [-0.2, 0) is 23.9 Å². The summed E-state index contributed by atoms with van der Waals surface area (Å²) >= 11 is 0. The second kappa shape index (κ2) is 9.01. The number of hydrogen-bond acceptors (Lipinski definition) is 4. The molecule has 0 spiro atoms. The number of para-hydroxylation sites is 2. The van der Waals surface area contributed by atoms with Crippen molar-refractivity contribution in [1.29, 1.82) is 5.41 Å². The molecule has 0 bridgehead atoms. The van der Waals surface area contributed by atoms with Crippen molar-refractivity contribution < 1.29 is 9.90 Å². The first-order valence-corrected chi connectivity index (χ1v) is 12.3. The molecule has 0 unspecified atom stereocenters.